The monoisotopic (exact) mass is 416 g/mol. The molecule has 0 fully saturated rings. The molecule has 2 aromatic carbocycles. The standard InChI is InChI=1S/C24H24N4O3/c1-24(2,3)31-23(30)26-20-6-4-5-16(11-20)14-28-15-19(9-10-22(28)29)17-7-8-18-13-25-27-21(18)12-17/h4-13,15H,14H2,1-3H3,(H,25,27)(H,26,30). The van der Waals surface area contributed by atoms with E-state index in [4.69, 9.17) is 4.74 Å². The molecule has 0 bridgehead atoms. The van der Waals surface area contributed by atoms with Gasteiger partial charge in [-0.05, 0) is 61.7 Å². The molecule has 0 radical (unpaired) electrons. The summed E-state index contributed by atoms with van der Waals surface area (Å²) in [5.74, 6) is 0. The summed E-state index contributed by atoms with van der Waals surface area (Å²) in [6.45, 7) is 5.81. The minimum absolute atomic E-state index is 0.100. The Labute approximate surface area is 179 Å². The zero-order valence-electron chi connectivity index (χ0n) is 17.7. The molecule has 0 aliphatic rings. The van der Waals surface area contributed by atoms with Gasteiger partial charge in [-0.25, -0.2) is 4.79 Å². The fourth-order valence-electron chi connectivity index (χ4n) is 3.31. The van der Waals surface area contributed by atoms with Crippen molar-refractivity contribution in [1.29, 1.82) is 0 Å². The third-order valence-electron chi connectivity index (χ3n) is 4.68. The number of nitrogens with zero attached hydrogens (tertiary/aromatic N) is 2. The predicted molar refractivity (Wildman–Crippen MR) is 121 cm³/mol. The lowest BCUT2D eigenvalue weighted by atomic mass is 10.1. The van der Waals surface area contributed by atoms with Crippen LogP contribution in [-0.4, -0.2) is 26.5 Å². The molecule has 7 nitrogen and oxygen atoms in total. The van der Waals surface area contributed by atoms with Gasteiger partial charge in [-0.3, -0.25) is 15.2 Å². The van der Waals surface area contributed by atoms with Gasteiger partial charge in [0, 0.05) is 23.3 Å². The Morgan fingerprint density at radius 3 is 2.71 bits per heavy atom. The highest BCUT2D eigenvalue weighted by molar-refractivity contribution is 5.85. The van der Waals surface area contributed by atoms with Gasteiger partial charge in [0.1, 0.15) is 5.60 Å². The number of ether oxygens (including phenoxy) is 1. The third-order valence-corrected chi connectivity index (χ3v) is 4.68. The number of hydrogen-bond acceptors (Lipinski definition) is 4. The lowest BCUT2D eigenvalue weighted by Crippen LogP contribution is -2.27. The van der Waals surface area contributed by atoms with Crippen LogP contribution in [0.15, 0.2) is 71.8 Å². The minimum atomic E-state index is -0.575. The molecule has 4 rings (SSSR count). The smallest absolute Gasteiger partial charge is 0.412 e. The summed E-state index contributed by atoms with van der Waals surface area (Å²) in [4.78, 5) is 24.5. The van der Waals surface area contributed by atoms with Gasteiger partial charge < -0.3 is 9.30 Å². The molecular weight excluding hydrogens is 392 g/mol. The Morgan fingerprint density at radius 2 is 1.90 bits per heavy atom. The zero-order valence-corrected chi connectivity index (χ0v) is 17.7. The molecule has 7 heteroatoms. The van der Waals surface area contributed by atoms with Crippen LogP contribution in [0, 0.1) is 0 Å². The van der Waals surface area contributed by atoms with Gasteiger partial charge in [-0.2, -0.15) is 5.10 Å². The van der Waals surface area contributed by atoms with Gasteiger partial charge in [0.15, 0.2) is 0 Å². The SMILES string of the molecule is CC(C)(C)OC(=O)Nc1cccc(Cn2cc(-c3ccc4cn[nH]c4c3)ccc2=O)c1. The van der Waals surface area contributed by atoms with E-state index in [0.29, 0.717) is 12.2 Å². The summed E-state index contributed by atoms with van der Waals surface area (Å²) in [5.41, 5.74) is 3.68. The topological polar surface area (TPSA) is 89.0 Å². The van der Waals surface area contributed by atoms with E-state index in [1.54, 1.807) is 22.9 Å². The van der Waals surface area contributed by atoms with Crippen LogP contribution in [0.2, 0.25) is 0 Å². The zero-order chi connectivity index (χ0) is 22.0. The van der Waals surface area contributed by atoms with Crippen molar-refractivity contribution in [2.75, 3.05) is 5.32 Å². The fraction of sp³-hybridized carbons (Fsp3) is 0.208. The van der Waals surface area contributed by atoms with Gasteiger partial charge in [0.2, 0.25) is 0 Å². The molecule has 158 valence electrons. The van der Waals surface area contributed by atoms with Crippen molar-refractivity contribution in [3.63, 3.8) is 0 Å². The Bertz CT molecular complexity index is 1300. The lowest BCUT2D eigenvalue weighted by Gasteiger charge is -2.19. The van der Waals surface area contributed by atoms with Crippen LogP contribution in [0.3, 0.4) is 0 Å². The summed E-state index contributed by atoms with van der Waals surface area (Å²) >= 11 is 0. The number of hydrogen-bond donors (Lipinski definition) is 2. The van der Waals surface area contributed by atoms with Crippen LogP contribution in [0.25, 0.3) is 22.0 Å². The second-order valence-electron chi connectivity index (χ2n) is 8.38. The van der Waals surface area contributed by atoms with Gasteiger partial charge in [-0.1, -0.05) is 24.3 Å². The number of amides is 1. The highest BCUT2D eigenvalue weighted by Crippen LogP contribution is 2.23. The van der Waals surface area contributed by atoms with E-state index in [0.717, 1.165) is 27.6 Å². The van der Waals surface area contributed by atoms with E-state index in [1.807, 2.05) is 69.4 Å². The van der Waals surface area contributed by atoms with Crippen molar-refractivity contribution in [2.24, 2.45) is 0 Å². The van der Waals surface area contributed by atoms with E-state index in [2.05, 4.69) is 15.5 Å². The van der Waals surface area contributed by atoms with Gasteiger partial charge in [0.05, 0.1) is 18.3 Å². The minimum Gasteiger partial charge on any atom is -0.444 e. The van der Waals surface area contributed by atoms with Crippen molar-refractivity contribution in [2.45, 2.75) is 32.9 Å². The van der Waals surface area contributed by atoms with E-state index in [-0.39, 0.29) is 5.56 Å². The first-order valence-corrected chi connectivity index (χ1v) is 10.00. The maximum Gasteiger partial charge on any atom is 0.412 e. The Kier molecular flexibility index (Phi) is 5.33. The third kappa shape index (κ3) is 5.01. The first-order chi connectivity index (χ1) is 14.8. The van der Waals surface area contributed by atoms with Crippen LogP contribution < -0.4 is 10.9 Å². The summed E-state index contributed by atoms with van der Waals surface area (Å²) in [6.07, 6.45) is 3.10. The number of fused-ring (bicyclic) bond motifs is 1. The highest BCUT2D eigenvalue weighted by Gasteiger charge is 2.16. The van der Waals surface area contributed by atoms with Crippen molar-refractivity contribution >= 4 is 22.7 Å². The maximum atomic E-state index is 12.5. The van der Waals surface area contributed by atoms with Gasteiger partial charge >= 0.3 is 6.09 Å². The number of rotatable bonds is 4. The lowest BCUT2D eigenvalue weighted by molar-refractivity contribution is 0.0636. The largest absolute Gasteiger partial charge is 0.444 e. The van der Waals surface area contributed by atoms with Crippen LogP contribution in [-0.2, 0) is 11.3 Å². The van der Waals surface area contributed by atoms with Gasteiger partial charge in [-0.15, -0.1) is 0 Å². The number of benzene rings is 2. The predicted octanol–water partition coefficient (Wildman–Crippen LogP) is 4.79. The molecule has 2 heterocycles. The van der Waals surface area contributed by atoms with Crippen LogP contribution in [0.5, 0.6) is 0 Å². The Balaban J connectivity index is 1.56. The molecule has 1 amide bonds. The van der Waals surface area contributed by atoms with Crippen LogP contribution >= 0.6 is 0 Å². The number of aromatic nitrogens is 3. The number of carbonyl (C=O) groups is 1. The molecule has 0 unspecified atom stereocenters. The van der Waals surface area contributed by atoms with Crippen molar-refractivity contribution in [3.8, 4) is 11.1 Å². The molecule has 4 aromatic rings. The first kappa shape index (κ1) is 20.4. The van der Waals surface area contributed by atoms with E-state index in [1.165, 1.54) is 0 Å². The van der Waals surface area contributed by atoms with E-state index < -0.39 is 11.7 Å². The van der Waals surface area contributed by atoms with Crippen molar-refractivity contribution in [3.05, 3.63) is 82.9 Å². The molecule has 0 saturated heterocycles. The van der Waals surface area contributed by atoms with Crippen molar-refractivity contribution < 1.29 is 9.53 Å². The molecular formula is C24H24N4O3. The normalized spacial score (nSPS) is 11.5. The average molecular weight is 416 g/mol. The van der Waals surface area contributed by atoms with E-state index >= 15 is 0 Å². The van der Waals surface area contributed by atoms with E-state index in [9.17, 15) is 9.59 Å². The van der Waals surface area contributed by atoms with Crippen LogP contribution in [0.4, 0.5) is 10.5 Å². The summed E-state index contributed by atoms with van der Waals surface area (Å²) < 4.78 is 6.95. The second-order valence-corrected chi connectivity index (χ2v) is 8.38. The summed E-state index contributed by atoms with van der Waals surface area (Å²) in [7, 11) is 0. The number of carbonyl (C=O) groups excluding carboxylic acids is 1. The maximum absolute atomic E-state index is 12.5. The molecule has 31 heavy (non-hydrogen) atoms. The number of pyridine rings is 1. The molecule has 0 atom stereocenters. The summed E-state index contributed by atoms with van der Waals surface area (Å²) in [6, 6.07) is 16.8. The second kappa shape index (κ2) is 8.10. The summed E-state index contributed by atoms with van der Waals surface area (Å²) in [5, 5.41) is 10.8. The number of aromatic amines is 1. The first-order valence-electron chi connectivity index (χ1n) is 10.00. The average Bonchev–Trinajstić information content (AvgIpc) is 3.16. The quantitative estimate of drug-likeness (QED) is 0.501. The number of nitrogens with one attached hydrogen (secondary N) is 2. The molecule has 2 aromatic heterocycles. The number of H-pyrrole nitrogens is 1. The molecule has 0 aliphatic carbocycles. The van der Waals surface area contributed by atoms with Crippen molar-refractivity contribution in [1.82, 2.24) is 14.8 Å². The Hall–Kier alpha value is -3.87. The molecule has 0 aliphatic heterocycles. The molecule has 0 spiro atoms. The highest BCUT2D eigenvalue weighted by atomic mass is 16.6. The molecule has 0 saturated carbocycles. The fourth-order valence-corrected chi connectivity index (χ4v) is 3.31. The molecule has 2 N–H and O–H groups in total. The number of anilines is 1. The van der Waals surface area contributed by atoms with Gasteiger partial charge in [0.25, 0.3) is 5.56 Å². The Morgan fingerprint density at radius 1 is 1.10 bits per heavy atom. The van der Waals surface area contributed by atoms with Crippen LogP contribution in [0.1, 0.15) is 26.3 Å².